The van der Waals surface area contributed by atoms with Gasteiger partial charge in [-0.15, -0.1) is 11.3 Å². The average molecular weight is 205 g/mol. The van der Waals surface area contributed by atoms with E-state index in [1.165, 1.54) is 11.3 Å². The van der Waals surface area contributed by atoms with Gasteiger partial charge in [-0.05, 0) is 25.5 Å². The van der Waals surface area contributed by atoms with Crippen LogP contribution in [0.4, 0.5) is 0 Å². The van der Waals surface area contributed by atoms with Crippen molar-refractivity contribution in [2.45, 2.75) is 32.3 Å². The van der Waals surface area contributed by atoms with E-state index in [0.29, 0.717) is 0 Å². The van der Waals surface area contributed by atoms with Gasteiger partial charge in [0, 0.05) is 4.88 Å². The molecule has 0 spiro atoms. The predicted octanol–water partition coefficient (Wildman–Crippen LogP) is 3.41. The molecule has 3 heteroatoms. The fourth-order valence-electron chi connectivity index (χ4n) is 1.21. The quantitative estimate of drug-likeness (QED) is 0.800. The maximum Gasteiger partial charge on any atom is 0.0960 e. The maximum absolute atomic E-state index is 9.95. The fraction of sp³-hybridized carbons (Fsp3) is 0.556. The first-order valence-corrected chi connectivity index (χ1v) is 5.24. The van der Waals surface area contributed by atoms with Crippen LogP contribution in [0, 0.1) is 0 Å². The van der Waals surface area contributed by atoms with Crippen molar-refractivity contribution in [1.82, 2.24) is 0 Å². The lowest BCUT2D eigenvalue weighted by molar-refractivity contribution is 0.0508. The Morgan fingerprint density at radius 1 is 1.58 bits per heavy atom. The van der Waals surface area contributed by atoms with Crippen LogP contribution in [0.15, 0.2) is 12.1 Å². The van der Waals surface area contributed by atoms with E-state index < -0.39 is 5.60 Å². The largest absolute Gasteiger partial charge is 0.385 e. The standard InChI is InChI=1S/C9H13ClOS/c1-3-6-9(2,11)7-4-5-8(10)12-7/h4-5,11H,3,6H2,1-2H3/t9-/m0/s1. The minimum absolute atomic E-state index is 0.702. The van der Waals surface area contributed by atoms with Gasteiger partial charge in [0.25, 0.3) is 0 Å². The Balaban J connectivity index is 2.81. The SMILES string of the molecule is CCC[C@](C)(O)c1ccc(Cl)s1. The number of thiophene rings is 1. The summed E-state index contributed by atoms with van der Waals surface area (Å²) in [5.41, 5.74) is -0.702. The highest BCUT2D eigenvalue weighted by atomic mass is 35.5. The minimum Gasteiger partial charge on any atom is -0.385 e. The highest BCUT2D eigenvalue weighted by Gasteiger charge is 2.23. The van der Waals surface area contributed by atoms with Gasteiger partial charge in [-0.1, -0.05) is 24.9 Å². The second-order valence-electron chi connectivity index (χ2n) is 3.13. The molecule has 0 amide bonds. The first-order chi connectivity index (χ1) is 5.56. The number of halogens is 1. The Morgan fingerprint density at radius 3 is 2.67 bits per heavy atom. The summed E-state index contributed by atoms with van der Waals surface area (Å²) in [5, 5.41) is 9.95. The summed E-state index contributed by atoms with van der Waals surface area (Å²) in [6.45, 7) is 3.89. The van der Waals surface area contributed by atoms with Gasteiger partial charge in [0.05, 0.1) is 9.94 Å². The third-order valence-corrected chi connectivity index (χ3v) is 3.33. The van der Waals surface area contributed by atoms with Gasteiger partial charge in [0.15, 0.2) is 0 Å². The van der Waals surface area contributed by atoms with E-state index in [4.69, 9.17) is 11.6 Å². The van der Waals surface area contributed by atoms with Crippen LogP contribution in [0.25, 0.3) is 0 Å². The average Bonchev–Trinajstić information content (AvgIpc) is 2.36. The molecule has 1 heterocycles. The molecule has 1 N–H and O–H groups in total. The van der Waals surface area contributed by atoms with Crippen molar-refractivity contribution in [2.24, 2.45) is 0 Å². The molecule has 1 atom stereocenters. The summed E-state index contributed by atoms with van der Waals surface area (Å²) >= 11 is 7.22. The van der Waals surface area contributed by atoms with E-state index in [0.717, 1.165) is 22.1 Å². The molecule has 1 nitrogen and oxygen atoms in total. The van der Waals surface area contributed by atoms with E-state index >= 15 is 0 Å². The number of aliphatic hydroxyl groups is 1. The number of hydrogen-bond donors (Lipinski definition) is 1. The molecule has 1 rings (SSSR count). The van der Waals surface area contributed by atoms with Gasteiger partial charge in [-0.3, -0.25) is 0 Å². The zero-order chi connectivity index (χ0) is 9.19. The van der Waals surface area contributed by atoms with Gasteiger partial charge < -0.3 is 5.11 Å². The molecule has 0 aromatic carbocycles. The fourth-order valence-corrected chi connectivity index (χ4v) is 2.33. The predicted molar refractivity (Wildman–Crippen MR) is 53.8 cm³/mol. The van der Waals surface area contributed by atoms with Crippen LogP contribution in [0.2, 0.25) is 4.34 Å². The minimum atomic E-state index is -0.702. The van der Waals surface area contributed by atoms with E-state index in [9.17, 15) is 5.11 Å². The molecule has 0 radical (unpaired) electrons. The van der Waals surface area contributed by atoms with Crippen molar-refractivity contribution in [2.75, 3.05) is 0 Å². The highest BCUT2D eigenvalue weighted by molar-refractivity contribution is 7.16. The smallest absolute Gasteiger partial charge is 0.0960 e. The lowest BCUT2D eigenvalue weighted by Crippen LogP contribution is -2.18. The Morgan fingerprint density at radius 2 is 2.25 bits per heavy atom. The normalized spacial score (nSPS) is 16.0. The van der Waals surface area contributed by atoms with Crippen LogP contribution in [-0.2, 0) is 5.60 Å². The van der Waals surface area contributed by atoms with E-state index in [-0.39, 0.29) is 0 Å². The Bertz CT molecular complexity index is 255. The van der Waals surface area contributed by atoms with Crippen LogP contribution >= 0.6 is 22.9 Å². The monoisotopic (exact) mass is 204 g/mol. The van der Waals surface area contributed by atoms with Crippen molar-refractivity contribution >= 4 is 22.9 Å². The van der Waals surface area contributed by atoms with Gasteiger partial charge >= 0.3 is 0 Å². The first kappa shape index (κ1) is 10.0. The molecule has 12 heavy (non-hydrogen) atoms. The zero-order valence-electron chi connectivity index (χ0n) is 7.30. The molecule has 0 bridgehead atoms. The van der Waals surface area contributed by atoms with E-state index in [1.807, 2.05) is 19.1 Å². The van der Waals surface area contributed by atoms with Crippen molar-refractivity contribution < 1.29 is 5.11 Å². The highest BCUT2D eigenvalue weighted by Crippen LogP contribution is 2.33. The van der Waals surface area contributed by atoms with Gasteiger partial charge in [0.2, 0.25) is 0 Å². The Hall–Kier alpha value is -0.0500. The van der Waals surface area contributed by atoms with Crippen molar-refractivity contribution in [1.29, 1.82) is 0 Å². The zero-order valence-corrected chi connectivity index (χ0v) is 8.87. The lowest BCUT2D eigenvalue weighted by Gasteiger charge is -2.20. The molecule has 0 aliphatic rings. The van der Waals surface area contributed by atoms with Crippen molar-refractivity contribution in [3.8, 4) is 0 Å². The molecular weight excluding hydrogens is 192 g/mol. The van der Waals surface area contributed by atoms with Gasteiger partial charge in [-0.25, -0.2) is 0 Å². The van der Waals surface area contributed by atoms with Crippen LogP contribution < -0.4 is 0 Å². The molecule has 68 valence electrons. The lowest BCUT2D eigenvalue weighted by atomic mass is 9.99. The topological polar surface area (TPSA) is 20.2 Å². The molecule has 0 unspecified atom stereocenters. The van der Waals surface area contributed by atoms with Gasteiger partial charge in [0.1, 0.15) is 0 Å². The molecule has 0 aliphatic carbocycles. The van der Waals surface area contributed by atoms with Crippen LogP contribution in [0.3, 0.4) is 0 Å². The Labute approximate surface area is 82.0 Å². The van der Waals surface area contributed by atoms with Crippen molar-refractivity contribution in [3.63, 3.8) is 0 Å². The second-order valence-corrected chi connectivity index (χ2v) is 4.84. The third kappa shape index (κ3) is 2.22. The number of rotatable bonds is 3. The van der Waals surface area contributed by atoms with Crippen LogP contribution in [-0.4, -0.2) is 5.11 Å². The summed E-state index contributed by atoms with van der Waals surface area (Å²) in [6, 6.07) is 3.72. The molecule has 1 aromatic heterocycles. The maximum atomic E-state index is 9.95. The van der Waals surface area contributed by atoms with Crippen LogP contribution in [0.1, 0.15) is 31.6 Å². The molecule has 0 saturated carbocycles. The molecule has 1 aromatic rings. The van der Waals surface area contributed by atoms with Gasteiger partial charge in [-0.2, -0.15) is 0 Å². The second kappa shape index (κ2) is 3.77. The first-order valence-electron chi connectivity index (χ1n) is 4.04. The number of hydrogen-bond acceptors (Lipinski definition) is 2. The molecule has 0 aliphatic heterocycles. The summed E-state index contributed by atoms with van der Waals surface area (Å²) in [4.78, 5) is 0.953. The molecular formula is C9H13ClOS. The molecule has 0 saturated heterocycles. The molecule has 0 fully saturated rings. The summed E-state index contributed by atoms with van der Waals surface area (Å²) in [6.07, 6.45) is 1.76. The summed E-state index contributed by atoms with van der Waals surface area (Å²) in [7, 11) is 0. The van der Waals surface area contributed by atoms with Crippen LogP contribution in [0.5, 0.6) is 0 Å². The van der Waals surface area contributed by atoms with Crippen molar-refractivity contribution in [3.05, 3.63) is 21.3 Å². The summed E-state index contributed by atoms with van der Waals surface area (Å²) in [5.74, 6) is 0. The summed E-state index contributed by atoms with van der Waals surface area (Å²) < 4.78 is 0.737. The van der Waals surface area contributed by atoms with E-state index in [1.54, 1.807) is 0 Å². The van der Waals surface area contributed by atoms with E-state index in [2.05, 4.69) is 6.92 Å². The third-order valence-electron chi connectivity index (χ3n) is 1.84. The Kier molecular flexibility index (Phi) is 3.16.